The molecule has 0 aliphatic heterocycles. The molecule has 0 saturated carbocycles. The summed E-state index contributed by atoms with van der Waals surface area (Å²) in [5, 5.41) is 2.43. The third kappa shape index (κ3) is 3.16. The number of carbonyl (C=O) groups is 1. The van der Waals surface area contributed by atoms with Gasteiger partial charge >= 0.3 is 0 Å². The first-order chi connectivity index (χ1) is 7.04. The molecule has 0 aliphatic carbocycles. The lowest BCUT2D eigenvalue weighted by atomic mass is 10.2. The van der Waals surface area contributed by atoms with Gasteiger partial charge in [-0.3, -0.25) is 4.79 Å². The molecule has 82 valence electrons. The number of alkyl halides is 1. The lowest BCUT2D eigenvalue weighted by Gasteiger charge is -2.09. The maximum atomic E-state index is 12.8. The van der Waals surface area contributed by atoms with Crippen LogP contribution in [0.3, 0.4) is 0 Å². The van der Waals surface area contributed by atoms with Gasteiger partial charge in [-0.25, -0.2) is 8.78 Å². The second kappa shape index (κ2) is 5.07. The van der Waals surface area contributed by atoms with Crippen molar-refractivity contribution >= 4 is 23.2 Å². The Morgan fingerprint density at radius 3 is 2.67 bits per heavy atom. The lowest BCUT2D eigenvalue weighted by molar-refractivity contribution is -0.118. The molecule has 0 heterocycles. The average Bonchev–Trinajstić information content (AvgIpc) is 2.22. The summed E-state index contributed by atoms with van der Waals surface area (Å²) in [4.78, 5) is 11.3. The van der Waals surface area contributed by atoms with Crippen LogP contribution in [0.2, 0.25) is 0 Å². The van der Waals surface area contributed by atoms with Crippen LogP contribution in [-0.4, -0.2) is 11.8 Å². The SMILES string of the molecule is CC(CCl)C(=O)Nc1ccc(F)c(F)c1. The summed E-state index contributed by atoms with van der Waals surface area (Å²) in [6.45, 7) is 1.64. The minimum atomic E-state index is -0.994. The van der Waals surface area contributed by atoms with Gasteiger partial charge in [-0.2, -0.15) is 0 Å². The van der Waals surface area contributed by atoms with Crippen LogP contribution in [-0.2, 0) is 4.79 Å². The maximum Gasteiger partial charge on any atom is 0.228 e. The van der Waals surface area contributed by atoms with Crippen LogP contribution in [0.25, 0.3) is 0 Å². The van der Waals surface area contributed by atoms with E-state index in [9.17, 15) is 13.6 Å². The van der Waals surface area contributed by atoms with E-state index in [1.165, 1.54) is 6.07 Å². The van der Waals surface area contributed by atoms with Crippen LogP contribution in [0.4, 0.5) is 14.5 Å². The first kappa shape index (κ1) is 11.9. The van der Waals surface area contributed by atoms with E-state index in [1.807, 2.05) is 0 Å². The summed E-state index contributed by atoms with van der Waals surface area (Å²) in [7, 11) is 0. The normalized spacial score (nSPS) is 12.3. The Hall–Kier alpha value is -1.16. The summed E-state index contributed by atoms with van der Waals surface area (Å²) < 4.78 is 25.3. The highest BCUT2D eigenvalue weighted by Gasteiger charge is 2.12. The van der Waals surface area contributed by atoms with E-state index in [2.05, 4.69) is 5.32 Å². The topological polar surface area (TPSA) is 29.1 Å². The van der Waals surface area contributed by atoms with Gasteiger partial charge in [0, 0.05) is 23.6 Å². The quantitative estimate of drug-likeness (QED) is 0.800. The molecule has 15 heavy (non-hydrogen) atoms. The zero-order valence-electron chi connectivity index (χ0n) is 8.06. The molecule has 1 N–H and O–H groups in total. The average molecular weight is 234 g/mol. The largest absolute Gasteiger partial charge is 0.326 e. The molecule has 1 unspecified atom stereocenters. The summed E-state index contributed by atoms with van der Waals surface area (Å²) in [6, 6.07) is 3.17. The van der Waals surface area contributed by atoms with Gasteiger partial charge in [0.15, 0.2) is 11.6 Å². The fourth-order valence-electron chi connectivity index (χ4n) is 0.909. The van der Waals surface area contributed by atoms with E-state index in [-0.39, 0.29) is 23.4 Å². The van der Waals surface area contributed by atoms with E-state index < -0.39 is 11.6 Å². The van der Waals surface area contributed by atoms with Crippen LogP contribution in [0, 0.1) is 17.6 Å². The van der Waals surface area contributed by atoms with Crippen molar-refractivity contribution in [3.8, 4) is 0 Å². The van der Waals surface area contributed by atoms with Crippen molar-refractivity contribution in [2.75, 3.05) is 11.2 Å². The fourth-order valence-corrected chi connectivity index (χ4v) is 1.05. The summed E-state index contributed by atoms with van der Waals surface area (Å²) >= 11 is 5.47. The molecule has 0 aliphatic rings. The Balaban J connectivity index is 2.73. The second-order valence-corrected chi connectivity index (χ2v) is 3.48. The Morgan fingerprint density at radius 1 is 1.47 bits per heavy atom. The minimum absolute atomic E-state index is 0.176. The van der Waals surface area contributed by atoms with Crippen molar-refractivity contribution in [1.82, 2.24) is 0 Å². The van der Waals surface area contributed by atoms with E-state index >= 15 is 0 Å². The highest BCUT2D eigenvalue weighted by Crippen LogP contribution is 2.14. The van der Waals surface area contributed by atoms with Crippen molar-refractivity contribution in [1.29, 1.82) is 0 Å². The van der Waals surface area contributed by atoms with Gasteiger partial charge in [0.05, 0.1) is 0 Å². The van der Waals surface area contributed by atoms with Crippen LogP contribution in [0.15, 0.2) is 18.2 Å². The van der Waals surface area contributed by atoms with Gasteiger partial charge in [-0.1, -0.05) is 6.92 Å². The summed E-state index contributed by atoms with van der Waals surface area (Å²) in [5.74, 6) is -2.46. The molecule has 1 aromatic carbocycles. The smallest absolute Gasteiger partial charge is 0.228 e. The van der Waals surface area contributed by atoms with E-state index in [4.69, 9.17) is 11.6 Å². The summed E-state index contributed by atoms with van der Waals surface area (Å²) in [5.41, 5.74) is 0.218. The Morgan fingerprint density at radius 2 is 2.13 bits per heavy atom. The van der Waals surface area contributed by atoms with Gasteiger partial charge in [0.2, 0.25) is 5.91 Å². The van der Waals surface area contributed by atoms with Gasteiger partial charge in [0.1, 0.15) is 0 Å². The molecule has 1 rings (SSSR count). The molecule has 0 bridgehead atoms. The minimum Gasteiger partial charge on any atom is -0.326 e. The predicted octanol–water partition coefficient (Wildman–Crippen LogP) is 2.78. The molecule has 1 atom stereocenters. The van der Waals surface area contributed by atoms with Crippen LogP contribution >= 0.6 is 11.6 Å². The number of amides is 1. The Kier molecular flexibility index (Phi) is 4.03. The van der Waals surface area contributed by atoms with Crippen molar-refractivity contribution in [3.05, 3.63) is 29.8 Å². The predicted molar refractivity (Wildman–Crippen MR) is 54.9 cm³/mol. The Labute approximate surface area is 91.2 Å². The number of nitrogens with one attached hydrogen (secondary N) is 1. The van der Waals surface area contributed by atoms with Gasteiger partial charge in [0.25, 0.3) is 0 Å². The molecular formula is C10H10ClF2NO. The molecule has 0 radical (unpaired) electrons. The molecule has 0 aromatic heterocycles. The zero-order chi connectivity index (χ0) is 11.4. The second-order valence-electron chi connectivity index (χ2n) is 3.17. The maximum absolute atomic E-state index is 12.8. The number of anilines is 1. The third-order valence-corrected chi connectivity index (χ3v) is 2.33. The standard InChI is InChI=1S/C10H10ClF2NO/c1-6(5-11)10(15)14-7-2-3-8(12)9(13)4-7/h2-4,6H,5H2,1H3,(H,14,15). The molecule has 5 heteroatoms. The fraction of sp³-hybridized carbons (Fsp3) is 0.300. The molecule has 2 nitrogen and oxygen atoms in total. The third-order valence-electron chi connectivity index (χ3n) is 1.87. The van der Waals surface area contributed by atoms with Crippen molar-refractivity contribution in [2.24, 2.45) is 5.92 Å². The van der Waals surface area contributed by atoms with E-state index in [1.54, 1.807) is 6.92 Å². The number of halogens is 3. The van der Waals surface area contributed by atoms with Gasteiger partial charge in [-0.15, -0.1) is 11.6 Å². The van der Waals surface area contributed by atoms with Gasteiger partial charge in [-0.05, 0) is 12.1 Å². The van der Waals surface area contributed by atoms with Crippen LogP contribution < -0.4 is 5.32 Å². The van der Waals surface area contributed by atoms with Crippen molar-refractivity contribution in [3.63, 3.8) is 0 Å². The first-order valence-electron chi connectivity index (χ1n) is 4.36. The molecule has 1 aromatic rings. The van der Waals surface area contributed by atoms with Crippen LogP contribution in [0.1, 0.15) is 6.92 Å². The van der Waals surface area contributed by atoms with Gasteiger partial charge < -0.3 is 5.32 Å². The highest BCUT2D eigenvalue weighted by atomic mass is 35.5. The molecule has 0 fully saturated rings. The summed E-state index contributed by atoms with van der Waals surface area (Å²) in [6.07, 6.45) is 0. The number of rotatable bonds is 3. The lowest BCUT2D eigenvalue weighted by Crippen LogP contribution is -2.21. The number of carbonyl (C=O) groups excluding carboxylic acids is 1. The number of hydrogen-bond donors (Lipinski definition) is 1. The number of hydrogen-bond acceptors (Lipinski definition) is 1. The molecule has 0 saturated heterocycles. The molecule has 1 amide bonds. The number of benzene rings is 1. The zero-order valence-corrected chi connectivity index (χ0v) is 8.81. The van der Waals surface area contributed by atoms with Crippen LogP contribution in [0.5, 0.6) is 0 Å². The highest BCUT2D eigenvalue weighted by molar-refractivity contribution is 6.19. The van der Waals surface area contributed by atoms with E-state index in [0.717, 1.165) is 12.1 Å². The van der Waals surface area contributed by atoms with E-state index in [0.29, 0.717) is 0 Å². The van der Waals surface area contributed by atoms with Crippen molar-refractivity contribution < 1.29 is 13.6 Å². The Bertz CT molecular complexity index is 370. The molecular weight excluding hydrogens is 224 g/mol. The molecule has 0 spiro atoms. The van der Waals surface area contributed by atoms with Crippen molar-refractivity contribution in [2.45, 2.75) is 6.92 Å². The first-order valence-corrected chi connectivity index (χ1v) is 4.90. The monoisotopic (exact) mass is 233 g/mol.